The van der Waals surface area contributed by atoms with Crippen molar-refractivity contribution in [2.45, 2.75) is 17.7 Å². The molecule has 1 aromatic heterocycles. The summed E-state index contributed by atoms with van der Waals surface area (Å²) in [6.45, 7) is 0.466. The Kier molecular flexibility index (Phi) is 2.93. The van der Waals surface area contributed by atoms with E-state index in [-0.39, 0.29) is 4.90 Å². The van der Waals surface area contributed by atoms with E-state index in [1.807, 2.05) is 6.07 Å². The van der Waals surface area contributed by atoms with Crippen LogP contribution in [0.25, 0.3) is 0 Å². The van der Waals surface area contributed by atoms with E-state index in [4.69, 9.17) is 5.73 Å². The fourth-order valence-corrected chi connectivity index (χ4v) is 3.99. The van der Waals surface area contributed by atoms with E-state index >= 15 is 0 Å². The average Bonchev–Trinajstić information content (AvgIpc) is 2.85. The van der Waals surface area contributed by atoms with Gasteiger partial charge in [0.05, 0.1) is 11.9 Å². The van der Waals surface area contributed by atoms with Crippen LogP contribution in [0.1, 0.15) is 12.0 Å². The second-order valence-corrected chi connectivity index (χ2v) is 6.78. The van der Waals surface area contributed by atoms with Crippen molar-refractivity contribution in [3.63, 3.8) is 0 Å². The number of aryl methyl sites for hydroxylation is 2. The molecular formula is C13H16N4O2S. The van der Waals surface area contributed by atoms with E-state index < -0.39 is 10.0 Å². The molecule has 3 rings (SSSR count). The minimum Gasteiger partial charge on any atom is -0.399 e. The summed E-state index contributed by atoms with van der Waals surface area (Å²) in [6, 6.07) is 5.43. The molecule has 20 heavy (non-hydrogen) atoms. The summed E-state index contributed by atoms with van der Waals surface area (Å²) in [6.07, 6.45) is 4.55. The van der Waals surface area contributed by atoms with Crippen LogP contribution in [-0.4, -0.2) is 24.7 Å². The summed E-state index contributed by atoms with van der Waals surface area (Å²) in [4.78, 5) is 0.204. The second-order valence-electron chi connectivity index (χ2n) is 4.92. The van der Waals surface area contributed by atoms with Crippen molar-refractivity contribution in [3.8, 4) is 0 Å². The number of aromatic nitrogens is 2. The first-order chi connectivity index (χ1) is 9.48. The highest BCUT2D eigenvalue weighted by atomic mass is 32.2. The van der Waals surface area contributed by atoms with Gasteiger partial charge >= 0.3 is 0 Å². The van der Waals surface area contributed by atoms with Crippen LogP contribution in [0.3, 0.4) is 0 Å². The Morgan fingerprint density at radius 1 is 1.35 bits per heavy atom. The van der Waals surface area contributed by atoms with Gasteiger partial charge in [0.25, 0.3) is 10.0 Å². The lowest BCUT2D eigenvalue weighted by molar-refractivity contribution is 0.586. The Morgan fingerprint density at radius 3 is 2.85 bits per heavy atom. The summed E-state index contributed by atoms with van der Waals surface area (Å²) in [5.41, 5.74) is 8.05. The van der Waals surface area contributed by atoms with Crippen molar-refractivity contribution in [1.29, 1.82) is 0 Å². The average molecular weight is 292 g/mol. The monoisotopic (exact) mass is 292 g/mol. The number of fused-ring (bicyclic) bond motifs is 1. The molecule has 0 amide bonds. The maximum Gasteiger partial charge on any atom is 0.267 e. The molecule has 1 aromatic carbocycles. The summed E-state index contributed by atoms with van der Waals surface area (Å²) < 4.78 is 28.3. The van der Waals surface area contributed by atoms with Gasteiger partial charge < -0.3 is 5.73 Å². The molecule has 6 nitrogen and oxygen atoms in total. The molecule has 2 N–H and O–H groups in total. The fourth-order valence-electron chi connectivity index (χ4n) is 2.47. The van der Waals surface area contributed by atoms with Crippen LogP contribution in [0.15, 0.2) is 35.5 Å². The molecule has 2 heterocycles. The topological polar surface area (TPSA) is 81.2 Å². The highest BCUT2D eigenvalue weighted by Crippen LogP contribution is 2.33. The van der Waals surface area contributed by atoms with E-state index in [2.05, 4.69) is 5.10 Å². The summed E-state index contributed by atoms with van der Waals surface area (Å²) in [7, 11) is -1.88. The van der Waals surface area contributed by atoms with Crippen LogP contribution in [-0.2, 0) is 23.5 Å². The lowest BCUT2D eigenvalue weighted by Gasteiger charge is -2.30. The highest BCUT2D eigenvalue weighted by Gasteiger charge is 2.30. The summed E-state index contributed by atoms with van der Waals surface area (Å²) in [5.74, 6) is 0. The van der Waals surface area contributed by atoms with Gasteiger partial charge in [-0.15, -0.1) is 0 Å². The number of hydrogen-bond donors (Lipinski definition) is 1. The number of benzene rings is 1. The van der Waals surface area contributed by atoms with Gasteiger partial charge in [-0.1, -0.05) is 6.07 Å². The van der Waals surface area contributed by atoms with Crippen molar-refractivity contribution in [3.05, 3.63) is 36.2 Å². The molecule has 0 bridgehead atoms. The van der Waals surface area contributed by atoms with Gasteiger partial charge in [0.15, 0.2) is 0 Å². The molecule has 7 heteroatoms. The lowest BCUT2D eigenvalue weighted by atomic mass is 10.0. The molecule has 0 spiro atoms. The number of rotatable bonds is 2. The largest absolute Gasteiger partial charge is 0.399 e. The van der Waals surface area contributed by atoms with Crippen molar-refractivity contribution < 1.29 is 8.42 Å². The van der Waals surface area contributed by atoms with Crippen LogP contribution in [0.5, 0.6) is 0 Å². The zero-order valence-corrected chi connectivity index (χ0v) is 12.0. The first-order valence-electron chi connectivity index (χ1n) is 6.38. The number of nitrogen functional groups attached to an aromatic ring is 1. The predicted molar refractivity (Wildman–Crippen MR) is 76.9 cm³/mol. The minimum absolute atomic E-state index is 0.204. The van der Waals surface area contributed by atoms with E-state index in [1.165, 1.54) is 21.4 Å². The smallest absolute Gasteiger partial charge is 0.267 e. The third-order valence-corrected chi connectivity index (χ3v) is 5.22. The van der Waals surface area contributed by atoms with Gasteiger partial charge in [-0.25, -0.2) is 8.42 Å². The minimum atomic E-state index is -3.58. The van der Waals surface area contributed by atoms with E-state index in [0.717, 1.165) is 18.4 Å². The van der Waals surface area contributed by atoms with Crippen molar-refractivity contribution >= 4 is 21.4 Å². The summed E-state index contributed by atoms with van der Waals surface area (Å²) in [5, 5.41) is 3.94. The van der Waals surface area contributed by atoms with Gasteiger partial charge in [0, 0.05) is 25.5 Å². The third-order valence-electron chi connectivity index (χ3n) is 3.45. The standard InChI is InChI=1S/C13H16N4O2S/c1-16-9-12(8-15-16)20(18,19)17-6-2-3-10-4-5-11(14)7-13(10)17/h4-5,7-9H,2-3,6,14H2,1H3. The maximum atomic E-state index is 12.7. The maximum absolute atomic E-state index is 12.7. The van der Waals surface area contributed by atoms with E-state index in [9.17, 15) is 8.42 Å². The molecule has 0 fully saturated rings. The van der Waals surface area contributed by atoms with E-state index in [1.54, 1.807) is 19.2 Å². The number of anilines is 2. The Balaban J connectivity index is 2.10. The molecule has 0 radical (unpaired) electrons. The SMILES string of the molecule is Cn1cc(S(=O)(=O)N2CCCc3ccc(N)cc32)cn1. The van der Waals surface area contributed by atoms with Crippen LogP contribution in [0, 0.1) is 0 Å². The number of nitrogens with zero attached hydrogens (tertiary/aromatic N) is 3. The molecule has 106 valence electrons. The van der Waals surface area contributed by atoms with Crippen LogP contribution < -0.4 is 10.0 Å². The number of hydrogen-bond acceptors (Lipinski definition) is 4. The van der Waals surface area contributed by atoms with E-state index in [0.29, 0.717) is 17.9 Å². The normalized spacial score (nSPS) is 15.2. The van der Waals surface area contributed by atoms with Crippen molar-refractivity contribution in [2.75, 3.05) is 16.6 Å². The predicted octanol–water partition coefficient (Wildman–Crippen LogP) is 1.14. The van der Waals surface area contributed by atoms with Crippen LogP contribution >= 0.6 is 0 Å². The molecular weight excluding hydrogens is 276 g/mol. The van der Waals surface area contributed by atoms with Gasteiger partial charge in [-0.05, 0) is 30.5 Å². The van der Waals surface area contributed by atoms with Crippen molar-refractivity contribution in [1.82, 2.24) is 9.78 Å². The molecule has 0 saturated heterocycles. The molecule has 1 aliphatic heterocycles. The first kappa shape index (κ1) is 13.0. The van der Waals surface area contributed by atoms with Gasteiger partial charge in [-0.3, -0.25) is 8.99 Å². The van der Waals surface area contributed by atoms with Crippen LogP contribution in [0.2, 0.25) is 0 Å². The molecule has 0 saturated carbocycles. The zero-order valence-electron chi connectivity index (χ0n) is 11.2. The molecule has 2 aromatic rings. The first-order valence-corrected chi connectivity index (χ1v) is 7.82. The Hall–Kier alpha value is -2.02. The summed E-state index contributed by atoms with van der Waals surface area (Å²) >= 11 is 0. The third kappa shape index (κ3) is 2.03. The molecule has 1 aliphatic rings. The Morgan fingerprint density at radius 2 is 2.15 bits per heavy atom. The second kappa shape index (κ2) is 4.52. The lowest BCUT2D eigenvalue weighted by Crippen LogP contribution is -2.35. The Labute approximate surface area is 117 Å². The quantitative estimate of drug-likeness (QED) is 0.842. The number of nitrogens with two attached hydrogens (primary N) is 1. The highest BCUT2D eigenvalue weighted by molar-refractivity contribution is 7.92. The molecule has 0 unspecified atom stereocenters. The number of sulfonamides is 1. The van der Waals surface area contributed by atoms with Crippen molar-refractivity contribution in [2.24, 2.45) is 7.05 Å². The fraction of sp³-hybridized carbons (Fsp3) is 0.308. The van der Waals surface area contributed by atoms with Crippen LogP contribution in [0.4, 0.5) is 11.4 Å². The van der Waals surface area contributed by atoms with Gasteiger partial charge in [0.2, 0.25) is 0 Å². The Bertz CT molecular complexity index is 751. The molecule has 0 aliphatic carbocycles. The van der Waals surface area contributed by atoms with Gasteiger partial charge in [-0.2, -0.15) is 5.10 Å². The van der Waals surface area contributed by atoms with Gasteiger partial charge in [0.1, 0.15) is 4.90 Å². The molecule has 0 atom stereocenters. The zero-order chi connectivity index (χ0) is 14.3.